The second-order valence-corrected chi connectivity index (χ2v) is 20.4. The molecule has 0 aromatic heterocycles. The molecular formula is C53H63Cl3F2N10O8. The molecule has 0 radical (unpaired) electrons. The van der Waals surface area contributed by atoms with Crippen molar-refractivity contribution in [2.75, 3.05) is 77.2 Å². The largest absolute Gasteiger partial charge is 0.495 e. The molecule has 4 saturated heterocycles. The van der Waals surface area contributed by atoms with Crippen molar-refractivity contribution >= 4 is 89.1 Å². The number of fused-ring (bicyclic) bond motifs is 4. The fourth-order valence-corrected chi connectivity index (χ4v) is 10.2. The Bertz CT molecular complexity index is 2770. The van der Waals surface area contributed by atoms with Gasteiger partial charge >= 0.3 is 18.2 Å². The number of nitrogens with zero attached hydrogens (tertiary/aromatic N) is 5. The summed E-state index contributed by atoms with van der Waals surface area (Å²) in [5.74, 6) is -0.124. The van der Waals surface area contributed by atoms with Gasteiger partial charge in [-0.15, -0.1) is 12.4 Å². The van der Waals surface area contributed by atoms with Crippen LogP contribution in [-0.2, 0) is 27.4 Å². The lowest BCUT2D eigenvalue weighted by Crippen LogP contribution is -2.70. The maximum absolute atomic E-state index is 13.6. The number of benzene rings is 4. The van der Waals surface area contributed by atoms with Crippen LogP contribution in [0.1, 0.15) is 43.0 Å². The zero-order chi connectivity index (χ0) is 54.1. The van der Waals surface area contributed by atoms with Crippen LogP contribution >= 0.6 is 35.6 Å². The summed E-state index contributed by atoms with van der Waals surface area (Å²) in [6.07, 6.45) is 5.69. The molecule has 4 aliphatic rings. The minimum atomic E-state index is -0.777. The second kappa shape index (κ2) is 25.9. The average Bonchev–Trinajstić information content (AvgIpc) is 3.33. The van der Waals surface area contributed by atoms with Gasteiger partial charge in [-0.3, -0.25) is 19.4 Å². The van der Waals surface area contributed by atoms with E-state index in [2.05, 4.69) is 25.8 Å². The van der Waals surface area contributed by atoms with E-state index in [0.29, 0.717) is 104 Å². The molecule has 0 saturated carbocycles. The van der Waals surface area contributed by atoms with Crippen LogP contribution in [-0.4, -0.2) is 151 Å². The van der Waals surface area contributed by atoms with Crippen molar-refractivity contribution in [1.82, 2.24) is 29.8 Å². The van der Waals surface area contributed by atoms with Gasteiger partial charge in [-0.1, -0.05) is 47.5 Å². The molecule has 7 amide bonds. The lowest BCUT2D eigenvalue weighted by molar-refractivity contribution is -0.141. The summed E-state index contributed by atoms with van der Waals surface area (Å²) in [6.45, 7) is 11.2. The first-order chi connectivity index (χ1) is 35.7. The highest BCUT2D eigenvalue weighted by molar-refractivity contribution is 6.33. The molecule has 4 bridgehead atoms. The number of methoxy groups -OCH3 is 2. The van der Waals surface area contributed by atoms with Crippen LogP contribution in [0.4, 0.5) is 34.5 Å². The van der Waals surface area contributed by atoms with Crippen LogP contribution < -0.4 is 36.9 Å². The van der Waals surface area contributed by atoms with Crippen LogP contribution in [0.2, 0.25) is 10.0 Å². The Balaban J connectivity index is 0.000000247. The third-order valence-corrected chi connectivity index (χ3v) is 13.4. The second-order valence-electron chi connectivity index (χ2n) is 19.6. The minimum absolute atomic E-state index is 0. The van der Waals surface area contributed by atoms with Gasteiger partial charge in [0.1, 0.15) is 28.7 Å². The number of amides is 7. The number of carbonyl (C=O) groups is 5. The number of hydrogen-bond donors (Lipinski definition) is 5. The fourth-order valence-electron chi connectivity index (χ4n) is 9.76. The highest BCUT2D eigenvalue weighted by atomic mass is 35.5. The molecule has 4 aromatic rings. The molecule has 76 heavy (non-hydrogen) atoms. The predicted molar refractivity (Wildman–Crippen MR) is 291 cm³/mol. The molecule has 4 atom stereocenters. The monoisotopic (exact) mass is 1110 g/mol. The van der Waals surface area contributed by atoms with Gasteiger partial charge in [0.25, 0.3) is 0 Å². The molecule has 0 spiro atoms. The Morgan fingerprint density at radius 1 is 0.645 bits per heavy atom. The Labute approximate surface area is 456 Å². The summed E-state index contributed by atoms with van der Waals surface area (Å²) in [5, 5.41) is 9.02. The highest BCUT2D eigenvalue weighted by Crippen LogP contribution is 2.34. The summed E-state index contributed by atoms with van der Waals surface area (Å²) in [5.41, 5.74) is 13.7. The van der Waals surface area contributed by atoms with Gasteiger partial charge in [-0.25, -0.2) is 23.2 Å². The number of carbonyl (C=O) groups excluding carboxylic acids is 5. The summed E-state index contributed by atoms with van der Waals surface area (Å²) in [4.78, 5) is 72.6. The molecule has 0 aliphatic carbocycles. The van der Waals surface area contributed by atoms with Crippen molar-refractivity contribution in [3.8, 4) is 11.5 Å². The van der Waals surface area contributed by atoms with Gasteiger partial charge in [0.15, 0.2) is 0 Å². The Hall–Kier alpha value is -6.68. The number of ether oxygens (including phenoxy) is 3. The zero-order valence-corrected chi connectivity index (χ0v) is 45.0. The average molecular weight is 1110 g/mol. The summed E-state index contributed by atoms with van der Waals surface area (Å²) < 4.78 is 42.8. The standard InChI is InChI=1S/C29H35ClFN5O5.C24H27ClFN5O3.ClH/c1-29(2,3)41-28(39)35-16-21-14-34(13-18-5-8-20(31)9-6-18)15-22(17-35)36(21)26(37)10-7-19-11-25(40-4)23(30)12-24(19)33-27(32)38;1-34-22-8-16(21(9-20(22)25)29-24(27)33)4-7-23(32)31-18-10-28-11-19(31)14-30(13-18)12-15-2-5-17(26)6-3-15;/h5-12,21-22H,13-17H2,1-4H3,(H3,32,33,38);2-9,18-19,28H,10-14H2,1H3,(H3,27,29,33);1H/b10-7+;7-4+;. The molecular weight excluding hydrogens is 1050 g/mol. The molecule has 4 aliphatic heterocycles. The van der Waals surface area contributed by atoms with E-state index in [1.165, 1.54) is 62.8 Å². The number of anilines is 2. The van der Waals surface area contributed by atoms with Crippen LogP contribution in [0, 0.1) is 11.6 Å². The van der Waals surface area contributed by atoms with E-state index in [9.17, 15) is 32.8 Å². The lowest BCUT2D eigenvalue weighted by Gasteiger charge is -2.52. The van der Waals surface area contributed by atoms with E-state index in [1.54, 1.807) is 58.4 Å². The van der Waals surface area contributed by atoms with E-state index in [-0.39, 0.29) is 65.0 Å². The summed E-state index contributed by atoms with van der Waals surface area (Å²) >= 11 is 12.4. The third-order valence-electron chi connectivity index (χ3n) is 12.8. The quantitative estimate of drug-likeness (QED) is 0.0880. The molecule has 408 valence electrons. The van der Waals surface area contributed by atoms with Crippen LogP contribution in [0.15, 0.2) is 84.9 Å². The van der Waals surface area contributed by atoms with Gasteiger partial charge in [0.05, 0.1) is 59.8 Å². The van der Waals surface area contributed by atoms with Gasteiger partial charge in [-0.05, 0) is 92.6 Å². The molecule has 4 aromatic carbocycles. The Kier molecular flexibility index (Phi) is 20.0. The summed E-state index contributed by atoms with van der Waals surface area (Å²) in [6, 6.07) is 17.0. The molecule has 8 rings (SSSR count). The number of piperazine rings is 4. The Morgan fingerprint density at radius 3 is 1.39 bits per heavy atom. The number of nitrogens with one attached hydrogen (secondary N) is 3. The molecule has 4 unspecified atom stereocenters. The van der Waals surface area contributed by atoms with Crippen molar-refractivity contribution < 1.29 is 47.0 Å². The number of primary amides is 2. The summed E-state index contributed by atoms with van der Waals surface area (Å²) in [7, 11) is 2.95. The smallest absolute Gasteiger partial charge is 0.410 e. The van der Waals surface area contributed by atoms with E-state index in [4.69, 9.17) is 48.9 Å². The normalized spacial score (nSPS) is 19.5. The van der Waals surface area contributed by atoms with Crippen LogP contribution in [0.5, 0.6) is 11.5 Å². The van der Waals surface area contributed by atoms with Crippen molar-refractivity contribution in [3.05, 3.63) is 129 Å². The first kappa shape index (κ1) is 58.6. The van der Waals surface area contributed by atoms with E-state index in [0.717, 1.165) is 11.1 Å². The lowest BCUT2D eigenvalue weighted by atomic mass is 9.99. The van der Waals surface area contributed by atoms with Crippen LogP contribution in [0.3, 0.4) is 0 Å². The maximum Gasteiger partial charge on any atom is 0.410 e. The first-order valence-electron chi connectivity index (χ1n) is 24.2. The number of urea groups is 2. The van der Waals surface area contributed by atoms with E-state index in [1.807, 2.05) is 25.7 Å². The number of halogens is 5. The molecule has 18 nitrogen and oxygen atoms in total. The highest BCUT2D eigenvalue weighted by Gasteiger charge is 2.44. The molecule has 4 heterocycles. The fraction of sp³-hybridized carbons (Fsp3) is 0.377. The van der Waals surface area contributed by atoms with Crippen LogP contribution in [0.25, 0.3) is 12.2 Å². The van der Waals surface area contributed by atoms with Gasteiger partial charge in [0, 0.05) is 88.7 Å². The SMILES string of the molecule is COc1cc(/C=C/C(=O)N2C3CN(Cc4ccc(F)cc4)CC2CN(C(=O)OC(C)(C)C)C3)c(NC(N)=O)cc1Cl.COc1cc(/C=C/C(=O)N2C3CNCC2CN(Cc2ccc(F)cc2)C3)c(NC(N)=O)cc1Cl.Cl. The molecule has 4 fully saturated rings. The molecule has 7 N–H and O–H groups in total. The maximum atomic E-state index is 13.6. The minimum Gasteiger partial charge on any atom is -0.495 e. The van der Waals surface area contributed by atoms with E-state index >= 15 is 0 Å². The van der Waals surface area contributed by atoms with Crippen molar-refractivity contribution in [2.45, 2.75) is 63.6 Å². The van der Waals surface area contributed by atoms with Gasteiger partial charge in [0.2, 0.25) is 11.8 Å². The predicted octanol–water partition coefficient (Wildman–Crippen LogP) is 7.42. The number of hydrogen-bond acceptors (Lipinski definition) is 11. The third kappa shape index (κ3) is 15.5. The van der Waals surface area contributed by atoms with E-state index < -0.39 is 23.8 Å². The zero-order valence-electron chi connectivity index (χ0n) is 42.7. The topological polar surface area (TPSA) is 217 Å². The van der Waals surface area contributed by atoms with Crippen molar-refractivity contribution in [1.29, 1.82) is 0 Å². The number of nitrogens with two attached hydrogens (primary N) is 2. The van der Waals surface area contributed by atoms with Crippen molar-refractivity contribution in [3.63, 3.8) is 0 Å². The Morgan fingerprint density at radius 2 is 1.03 bits per heavy atom. The first-order valence-corrected chi connectivity index (χ1v) is 24.9. The van der Waals surface area contributed by atoms with Gasteiger partial charge < -0.3 is 56.3 Å². The van der Waals surface area contributed by atoms with Gasteiger partial charge in [-0.2, -0.15) is 0 Å². The van der Waals surface area contributed by atoms with Crippen molar-refractivity contribution in [2.24, 2.45) is 11.5 Å². The molecule has 23 heteroatoms. The number of rotatable bonds is 12.